The molecule has 100 valence electrons. The van der Waals surface area contributed by atoms with E-state index in [1.165, 1.54) is 0 Å². The summed E-state index contributed by atoms with van der Waals surface area (Å²) in [5.74, 6) is 1.18. The van der Waals surface area contributed by atoms with Crippen LogP contribution in [0, 0.1) is 0 Å². The molecule has 0 atom stereocenters. The standard InChI is InChI=1S/C16H15N3O/c17-14-5-3-13(4-6-14)16-18-9-10-19(16)11-12-1-7-15(20)8-2-12/h1-10,20H,11,17H2. The van der Waals surface area contributed by atoms with Crippen LogP contribution in [-0.2, 0) is 6.54 Å². The molecule has 0 aliphatic carbocycles. The lowest BCUT2D eigenvalue weighted by molar-refractivity contribution is 0.475. The Morgan fingerprint density at radius 1 is 1.00 bits per heavy atom. The second-order valence-electron chi connectivity index (χ2n) is 4.67. The van der Waals surface area contributed by atoms with E-state index < -0.39 is 0 Å². The molecule has 0 fully saturated rings. The van der Waals surface area contributed by atoms with Crippen LogP contribution in [0.4, 0.5) is 5.69 Å². The molecule has 2 aromatic carbocycles. The third-order valence-corrected chi connectivity index (χ3v) is 3.17. The van der Waals surface area contributed by atoms with Gasteiger partial charge in [0.05, 0.1) is 0 Å². The Labute approximate surface area is 117 Å². The van der Waals surface area contributed by atoms with Gasteiger partial charge in [0.25, 0.3) is 0 Å². The average Bonchev–Trinajstić information content (AvgIpc) is 2.90. The first-order valence-electron chi connectivity index (χ1n) is 6.37. The number of hydrogen-bond donors (Lipinski definition) is 2. The minimum atomic E-state index is 0.276. The van der Waals surface area contributed by atoms with E-state index in [0.717, 1.165) is 22.6 Å². The Kier molecular flexibility index (Phi) is 3.13. The molecule has 0 saturated carbocycles. The lowest BCUT2D eigenvalue weighted by atomic mass is 10.2. The van der Waals surface area contributed by atoms with Gasteiger partial charge in [-0.25, -0.2) is 4.98 Å². The van der Waals surface area contributed by atoms with Crippen molar-refractivity contribution in [3.63, 3.8) is 0 Å². The first kappa shape index (κ1) is 12.3. The molecule has 0 amide bonds. The van der Waals surface area contributed by atoms with Crippen LogP contribution in [0.1, 0.15) is 5.56 Å². The van der Waals surface area contributed by atoms with Gasteiger partial charge in [0.15, 0.2) is 0 Å². The number of nitrogen functional groups attached to an aromatic ring is 1. The number of nitrogens with zero attached hydrogens (tertiary/aromatic N) is 2. The number of nitrogens with two attached hydrogens (primary N) is 1. The van der Waals surface area contributed by atoms with Crippen molar-refractivity contribution in [3.05, 3.63) is 66.5 Å². The highest BCUT2D eigenvalue weighted by Crippen LogP contribution is 2.20. The number of anilines is 1. The molecular weight excluding hydrogens is 250 g/mol. The van der Waals surface area contributed by atoms with Crippen molar-refractivity contribution in [2.75, 3.05) is 5.73 Å². The summed E-state index contributed by atoms with van der Waals surface area (Å²) >= 11 is 0. The van der Waals surface area contributed by atoms with Gasteiger partial charge in [-0.2, -0.15) is 0 Å². The minimum Gasteiger partial charge on any atom is -0.508 e. The number of rotatable bonds is 3. The molecule has 1 heterocycles. The molecule has 0 bridgehead atoms. The summed E-state index contributed by atoms with van der Waals surface area (Å²) in [5, 5.41) is 9.31. The van der Waals surface area contributed by atoms with Crippen molar-refractivity contribution in [2.45, 2.75) is 6.54 Å². The van der Waals surface area contributed by atoms with Crippen LogP contribution in [0.5, 0.6) is 5.75 Å². The predicted molar refractivity (Wildman–Crippen MR) is 79.3 cm³/mol. The van der Waals surface area contributed by atoms with Crippen LogP contribution in [0.15, 0.2) is 60.9 Å². The maximum absolute atomic E-state index is 9.31. The Bertz CT molecular complexity index is 699. The zero-order valence-electron chi connectivity index (χ0n) is 10.9. The lowest BCUT2D eigenvalue weighted by Crippen LogP contribution is -2.01. The van der Waals surface area contributed by atoms with E-state index in [0.29, 0.717) is 6.54 Å². The van der Waals surface area contributed by atoms with Gasteiger partial charge in [-0.15, -0.1) is 0 Å². The number of phenols is 1. The van der Waals surface area contributed by atoms with Gasteiger partial charge in [0.1, 0.15) is 11.6 Å². The van der Waals surface area contributed by atoms with E-state index in [9.17, 15) is 5.11 Å². The maximum atomic E-state index is 9.31. The van der Waals surface area contributed by atoms with E-state index >= 15 is 0 Å². The summed E-state index contributed by atoms with van der Waals surface area (Å²) in [5.41, 5.74) is 8.59. The van der Waals surface area contributed by atoms with Gasteiger partial charge in [-0.05, 0) is 42.0 Å². The highest BCUT2D eigenvalue weighted by Gasteiger charge is 2.06. The lowest BCUT2D eigenvalue weighted by Gasteiger charge is -2.08. The summed E-state index contributed by atoms with van der Waals surface area (Å²) in [6.07, 6.45) is 3.73. The molecule has 20 heavy (non-hydrogen) atoms. The number of hydrogen-bond acceptors (Lipinski definition) is 3. The summed E-state index contributed by atoms with van der Waals surface area (Å²) in [7, 11) is 0. The van der Waals surface area contributed by atoms with Crippen molar-refractivity contribution in [2.24, 2.45) is 0 Å². The summed E-state index contributed by atoms with van der Waals surface area (Å²) in [6, 6.07) is 14.9. The number of imidazole rings is 1. The molecule has 0 radical (unpaired) electrons. The number of aromatic hydroxyl groups is 1. The Hall–Kier alpha value is -2.75. The molecule has 3 aromatic rings. The zero-order chi connectivity index (χ0) is 13.9. The van der Waals surface area contributed by atoms with Crippen molar-refractivity contribution in [3.8, 4) is 17.1 Å². The smallest absolute Gasteiger partial charge is 0.140 e. The highest BCUT2D eigenvalue weighted by atomic mass is 16.3. The van der Waals surface area contributed by atoms with Crippen LogP contribution < -0.4 is 5.73 Å². The molecule has 0 aliphatic rings. The van der Waals surface area contributed by atoms with Crippen LogP contribution in [0.2, 0.25) is 0 Å². The number of aromatic nitrogens is 2. The summed E-state index contributed by atoms with van der Waals surface area (Å²) < 4.78 is 2.07. The van der Waals surface area contributed by atoms with E-state index in [1.54, 1.807) is 18.3 Å². The van der Waals surface area contributed by atoms with E-state index in [2.05, 4.69) is 9.55 Å². The van der Waals surface area contributed by atoms with Gasteiger partial charge in [0.2, 0.25) is 0 Å². The fourth-order valence-corrected chi connectivity index (χ4v) is 2.13. The molecule has 4 heteroatoms. The van der Waals surface area contributed by atoms with E-state index in [-0.39, 0.29) is 5.75 Å². The van der Waals surface area contributed by atoms with Gasteiger partial charge in [-0.1, -0.05) is 12.1 Å². The fourth-order valence-electron chi connectivity index (χ4n) is 2.13. The average molecular weight is 265 g/mol. The third-order valence-electron chi connectivity index (χ3n) is 3.17. The summed E-state index contributed by atoms with van der Waals surface area (Å²) in [6.45, 7) is 0.708. The summed E-state index contributed by atoms with van der Waals surface area (Å²) in [4.78, 5) is 4.40. The SMILES string of the molecule is Nc1ccc(-c2nccn2Cc2ccc(O)cc2)cc1. The van der Waals surface area contributed by atoms with Crippen LogP contribution in [-0.4, -0.2) is 14.7 Å². The second kappa shape index (κ2) is 5.09. The molecule has 0 unspecified atom stereocenters. The van der Waals surface area contributed by atoms with Gasteiger partial charge >= 0.3 is 0 Å². The van der Waals surface area contributed by atoms with E-state index in [1.807, 2.05) is 42.6 Å². The molecule has 4 nitrogen and oxygen atoms in total. The molecule has 3 rings (SSSR count). The first-order chi connectivity index (χ1) is 9.72. The third kappa shape index (κ3) is 2.49. The van der Waals surface area contributed by atoms with Crippen molar-refractivity contribution in [1.82, 2.24) is 9.55 Å². The van der Waals surface area contributed by atoms with Gasteiger partial charge in [0, 0.05) is 30.2 Å². The molecule has 0 saturated heterocycles. The molecular formula is C16H15N3O. The highest BCUT2D eigenvalue weighted by molar-refractivity contribution is 5.59. The second-order valence-corrected chi connectivity index (χ2v) is 4.67. The van der Waals surface area contributed by atoms with Crippen molar-refractivity contribution >= 4 is 5.69 Å². The molecule has 1 aromatic heterocycles. The molecule has 3 N–H and O–H groups in total. The van der Waals surface area contributed by atoms with Gasteiger partial charge < -0.3 is 15.4 Å². The van der Waals surface area contributed by atoms with Gasteiger partial charge in [-0.3, -0.25) is 0 Å². The van der Waals surface area contributed by atoms with Crippen LogP contribution in [0.25, 0.3) is 11.4 Å². The Morgan fingerprint density at radius 3 is 2.40 bits per heavy atom. The number of benzene rings is 2. The Balaban J connectivity index is 1.90. The van der Waals surface area contributed by atoms with E-state index in [4.69, 9.17) is 5.73 Å². The van der Waals surface area contributed by atoms with Crippen molar-refractivity contribution < 1.29 is 5.11 Å². The topological polar surface area (TPSA) is 64.1 Å². The largest absolute Gasteiger partial charge is 0.508 e. The quantitative estimate of drug-likeness (QED) is 0.716. The molecule has 0 aliphatic heterocycles. The Morgan fingerprint density at radius 2 is 1.70 bits per heavy atom. The monoisotopic (exact) mass is 265 g/mol. The van der Waals surface area contributed by atoms with Crippen LogP contribution >= 0.6 is 0 Å². The van der Waals surface area contributed by atoms with Crippen LogP contribution in [0.3, 0.4) is 0 Å². The fraction of sp³-hybridized carbons (Fsp3) is 0.0625. The normalized spacial score (nSPS) is 10.6. The minimum absolute atomic E-state index is 0.276. The first-order valence-corrected chi connectivity index (χ1v) is 6.37. The number of phenolic OH excluding ortho intramolecular Hbond substituents is 1. The zero-order valence-corrected chi connectivity index (χ0v) is 10.9. The predicted octanol–water partition coefficient (Wildman–Crippen LogP) is 2.89. The maximum Gasteiger partial charge on any atom is 0.140 e. The molecule has 0 spiro atoms. The van der Waals surface area contributed by atoms with Crippen molar-refractivity contribution in [1.29, 1.82) is 0 Å².